The zero-order valence-corrected chi connectivity index (χ0v) is 11.7. The number of carbonyl (C=O) groups excluding carboxylic acids is 1. The molecule has 0 unspecified atom stereocenters. The average Bonchev–Trinajstić information content (AvgIpc) is 2.14. The van der Waals surface area contributed by atoms with E-state index in [4.69, 9.17) is 9.47 Å². The number of methoxy groups -OCH3 is 1. The summed E-state index contributed by atoms with van der Waals surface area (Å²) in [6.07, 6.45) is 1.90. The molecule has 1 aliphatic heterocycles. The predicted octanol–water partition coefficient (Wildman–Crippen LogP) is 2.67. The minimum atomic E-state index is -0.424. The quantitative estimate of drug-likeness (QED) is 0.748. The molecule has 0 aliphatic carbocycles. The van der Waals surface area contributed by atoms with Gasteiger partial charge in [-0.2, -0.15) is 0 Å². The summed E-state index contributed by atoms with van der Waals surface area (Å²) >= 11 is 0. The average molecular weight is 243 g/mol. The zero-order valence-electron chi connectivity index (χ0n) is 11.7. The van der Waals surface area contributed by atoms with Crippen molar-refractivity contribution in [3.63, 3.8) is 0 Å². The number of likely N-dealkylation sites (tertiary alicyclic amines) is 1. The smallest absolute Gasteiger partial charge is 0.410 e. The number of hydrogen-bond donors (Lipinski definition) is 0. The molecule has 0 saturated carbocycles. The van der Waals surface area contributed by atoms with Gasteiger partial charge in [-0.1, -0.05) is 6.92 Å². The topological polar surface area (TPSA) is 38.8 Å². The molecule has 0 bridgehead atoms. The molecule has 1 aliphatic rings. The number of carbonyl (C=O) groups is 1. The van der Waals surface area contributed by atoms with Gasteiger partial charge in [0.05, 0.1) is 6.61 Å². The van der Waals surface area contributed by atoms with E-state index in [9.17, 15) is 4.79 Å². The van der Waals surface area contributed by atoms with Crippen molar-refractivity contribution in [2.24, 2.45) is 5.41 Å². The summed E-state index contributed by atoms with van der Waals surface area (Å²) in [6.45, 7) is 10.0. The van der Waals surface area contributed by atoms with Crippen LogP contribution in [-0.4, -0.2) is 43.4 Å². The van der Waals surface area contributed by atoms with E-state index in [1.165, 1.54) is 0 Å². The molecule has 4 heteroatoms. The Morgan fingerprint density at radius 2 is 2.06 bits per heavy atom. The third-order valence-corrected chi connectivity index (χ3v) is 2.93. The number of piperidine rings is 1. The van der Waals surface area contributed by atoms with Crippen molar-refractivity contribution in [1.29, 1.82) is 0 Å². The summed E-state index contributed by atoms with van der Waals surface area (Å²) in [5.74, 6) is 0. The van der Waals surface area contributed by atoms with Gasteiger partial charge in [0, 0.05) is 25.6 Å². The van der Waals surface area contributed by atoms with Crippen LogP contribution < -0.4 is 0 Å². The molecule has 0 aromatic heterocycles. The van der Waals surface area contributed by atoms with Gasteiger partial charge in [0.2, 0.25) is 0 Å². The summed E-state index contributed by atoms with van der Waals surface area (Å²) in [7, 11) is 1.71. The van der Waals surface area contributed by atoms with Crippen molar-refractivity contribution in [3.8, 4) is 0 Å². The van der Waals surface area contributed by atoms with Crippen molar-refractivity contribution in [1.82, 2.24) is 4.90 Å². The van der Waals surface area contributed by atoms with Crippen LogP contribution in [0, 0.1) is 5.41 Å². The molecule has 0 N–H and O–H groups in total. The molecule has 1 fully saturated rings. The second kappa shape index (κ2) is 5.25. The van der Waals surface area contributed by atoms with Crippen molar-refractivity contribution < 1.29 is 14.3 Å². The molecule has 1 amide bonds. The van der Waals surface area contributed by atoms with E-state index >= 15 is 0 Å². The van der Waals surface area contributed by atoms with E-state index in [1.54, 1.807) is 12.0 Å². The van der Waals surface area contributed by atoms with Crippen LogP contribution in [0.5, 0.6) is 0 Å². The number of nitrogens with zero attached hydrogens (tertiary/aromatic N) is 1. The lowest BCUT2D eigenvalue weighted by atomic mass is 9.83. The van der Waals surface area contributed by atoms with Crippen LogP contribution in [0.15, 0.2) is 0 Å². The monoisotopic (exact) mass is 243 g/mol. The van der Waals surface area contributed by atoms with Crippen LogP contribution in [0.3, 0.4) is 0 Å². The molecule has 1 saturated heterocycles. The number of rotatable bonds is 2. The van der Waals surface area contributed by atoms with Crippen LogP contribution >= 0.6 is 0 Å². The van der Waals surface area contributed by atoms with Gasteiger partial charge in [0.25, 0.3) is 0 Å². The van der Waals surface area contributed by atoms with Gasteiger partial charge in [-0.25, -0.2) is 4.79 Å². The summed E-state index contributed by atoms with van der Waals surface area (Å²) in [5.41, 5.74) is -0.365. The van der Waals surface area contributed by atoms with Crippen molar-refractivity contribution >= 4 is 6.09 Å². The zero-order chi connectivity index (χ0) is 13.1. The SMILES string of the molecule is COC[C@]1(C)CCCN(C(=O)OC(C)(C)C)C1. The highest BCUT2D eigenvalue weighted by Gasteiger charge is 2.34. The molecule has 1 heterocycles. The van der Waals surface area contributed by atoms with Gasteiger partial charge < -0.3 is 14.4 Å². The van der Waals surface area contributed by atoms with Crippen molar-refractivity contribution in [2.45, 2.75) is 46.1 Å². The lowest BCUT2D eigenvalue weighted by molar-refractivity contribution is -0.00976. The Labute approximate surface area is 104 Å². The second-order valence-electron chi connectivity index (χ2n) is 6.25. The Morgan fingerprint density at radius 1 is 1.41 bits per heavy atom. The maximum Gasteiger partial charge on any atom is 0.410 e. The van der Waals surface area contributed by atoms with Crippen molar-refractivity contribution in [2.75, 3.05) is 26.8 Å². The van der Waals surface area contributed by atoms with Crippen molar-refractivity contribution in [3.05, 3.63) is 0 Å². The Hall–Kier alpha value is -0.770. The molecule has 4 nitrogen and oxygen atoms in total. The standard InChI is InChI=1S/C13H25NO3/c1-12(2,3)17-11(15)14-8-6-7-13(4,9-14)10-16-5/h6-10H2,1-5H3/t13-/m1/s1. The highest BCUT2D eigenvalue weighted by molar-refractivity contribution is 5.68. The first-order chi connectivity index (χ1) is 7.76. The number of amides is 1. The van der Waals surface area contributed by atoms with Crippen LogP contribution in [0.25, 0.3) is 0 Å². The van der Waals surface area contributed by atoms with Gasteiger partial charge in [-0.15, -0.1) is 0 Å². The number of ether oxygens (including phenoxy) is 2. The van der Waals surface area contributed by atoms with Crippen LogP contribution in [0.1, 0.15) is 40.5 Å². The summed E-state index contributed by atoms with van der Waals surface area (Å²) in [4.78, 5) is 13.8. The highest BCUT2D eigenvalue weighted by atomic mass is 16.6. The fourth-order valence-corrected chi connectivity index (χ4v) is 2.26. The fourth-order valence-electron chi connectivity index (χ4n) is 2.26. The number of hydrogen-bond acceptors (Lipinski definition) is 3. The molecular formula is C13H25NO3. The Morgan fingerprint density at radius 3 is 2.59 bits per heavy atom. The van der Waals surface area contributed by atoms with E-state index in [2.05, 4.69) is 6.92 Å². The maximum atomic E-state index is 12.0. The van der Waals surface area contributed by atoms with E-state index in [0.717, 1.165) is 25.9 Å². The molecule has 100 valence electrons. The first kappa shape index (κ1) is 14.3. The molecule has 0 aromatic rings. The van der Waals surface area contributed by atoms with E-state index in [0.29, 0.717) is 6.61 Å². The lowest BCUT2D eigenvalue weighted by Gasteiger charge is -2.40. The lowest BCUT2D eigenvalue weighted by Crippen LogP contribution is -2.48. The van der Waals surface area contributed by atoms with Gasteiger partial charge in [-0.3, -0.25) is 0 Å². The highest BCUT2D eigenvalue weighted by Crippen LogP contribution is 2.30. The normalized spacial score (nSPS) is 25.8. The van der Waals surface area contributed by atoms with Crippen LogP contribution in [-0.2, 0) is 9.47 Å². The third kappa shape index (κ3) is 4.54. The van der Waals surface area contributed by atoms with Gasteiger partial charge in [0.15, 0.2) is 0 Å². The molecule has 0 aromatic carbocycles. The van der Waals surface area contributed by atoms with E-state index < -0.39 is 5.60 Å². The van der Waals surface area contributed by atoms with E-state index in [1.807, 2.05) is 20.8 Å². The second-order valence-corrected chi connectivity index (χ2v) is 6.25. The minimum absolute atomic E-state index is 0.0594. The Kier molecular flexibility index (Phi) is 4.42. The maximum absolute atomic E-state index is 12.0. The third-order valence-electron chi connectivity index (χ3n) is 2.93. The molecule has 1 rings (SSSR count). The van der Waals surface area contributed by atoms with Gasteiger partial charge >= 0.3 is 6.09 Å². The van der Waals surface area contributed by atoms with Crippen LogP contribution in [0.4, 0.5) is 4.79 Å². The van der Waals surface area contributed by atoms with Crippen LogP contribution in [0.2, 0.25) is 0 Å². The van der Waals surface area contributed by atoms with E-state index in [-0.39, 0.29) is 11.5 Å². The molecule has 1 atom stereocenters. The summed E-state index contributed by atoms with van der Waals surface area (Å²) in [6, 6.07) is 0. The van der Waals surface area contributed by atoms with Gasteiger partial charge in [-0.05, 0) is 33.6 Å². The molecule has 0 radical (unpaired) electrons. The largest absolute Gasteiger partial charge is 0.444 e. The predicted molar refractivity (Wildman–Crippen MR) is 67.0 cm³/mol. The first-order valence-electron chi connectivity index (χ1n) is 6.23. The first-order valence-corrected chi connectivity index (χ1v) is 6.23. The fraction of sp³-hybridized carbons (Fsp3) is 0.923. The van der Waals surface area contributed by atoms with Gasteiger partial charge in [0.1, 0.15) is 5.60 Å². The molecule has 0 spiro atoms. The minimum Gasteiger partial charge on any atom is -0.444 e. The Balaban J connectivity index is 2.57. The molecule has 17 heavy (non-hydrogen) atoms. The summed E-state index contributed by atoms with van der Waals surface area (Å²) in [5, 5.41) is 0. The Bertz CT molecular complexity index is 268. The molecular weight excluding hydrogens is 218 g/mol. The summed E-state index contributed by atoms with van der Waals surface area (Å²) < 4.78 is 10.6.